The van der Waals surface area contributed by atoms with Gasteiger partial charge in [0.25, 0.3) is 0 Å². The molecular weight excluding hydrogens is 150 g/mol. The van der Waals surface area contributed by atoms with E-state index in [1.807, 2.05) is 19.0 Å². The lowest BCUT2D eigenvalue weighted by molar-refractivity contribution is 0.729. The summed E-state index contributed by atoms with van der Waals surface area (Å²) in [5.74, 6) is 1.08. The Bertz CT molecular complexity index is 320. The highest BCUT2D eigenvalue weighted by Crippen LogP contribution is 2.24. The second-order valence-corrected chi connectivity index (χ2v) is 3.28. The topological polar surface area (TPSA) is 28.2 Å². The van der Waals surface area contributed by atoms with Crippen LogP contribution in [-0.2, 0) is 6.54 Å². The molecule has 0 radical (unpaired) electrons. The number of hydrogen-bond donors (Lipinski definition) is 1. The predicted octanol–water partition coefficient (Wildman–Crippen LogP) is 1.15. The predicted molar refractivity (Wildman–Crippen MR) is 49.0 cm³/mol. The normalized spacial score (nSPS) is 15.1. The van der Waals surface area contributed by atoms with E-state index in [0.29, 0.717) is 0 Å². The van der Waals surface area contributed by atoms with Crippen LogP contribution in [0.2, 0.25) is 0 Å². The molecule has 0 bridgehead atoms. The Balaban J connectivity index is 2.60. The molecule has 3 nitrogen and oxygen atoms in total. The third kappa shape index (κ3) is 0.975. The Morgan fingerprint density at radius 1 is 1.50 bits per heavy atom. The van der Waals surface area contributed by atoms with Gasteiger partial charge in [0, 0.05) is 24.8 Å². The highest BCUT2D eigenvalue weighted by Gasteiger charge is 2.18. The third-order valence-corrected chi connectivity index (χ3v) is 2.26. The molecule has 64 valence electrons. The molecular formula is C9H13N3. The van der Waals surface area contributed by atoms with E-state index in [-0.39, 0.29) is 0 Å². The van der Waals surface area contributed by atoms with Crippen molar-refractivity contribution < 1.29 is 0 Å². The van der Waals surface area contributed by atoms with Gasteiger partial charge in [0.15, 0.2) is 0 Å². The number of aromatic nitrogens is 1. The van der Waals surface area contributed by atoms with Crippen molar-refractivity contribution in [2.24, 2.45) is 0 Å². The first-order valence-corrected chi connectivity index (χ1v) is 4.13. The van der Waals surface area contributed by atoms with Gasteiger partial charge in [0.2, 0.25) is 0 Å². The first kappa shape index (κ1) is 7.55. The molecule has 1 aliphatic heterocycles. The lowest BCUT2D eigenvalue weighted by Crippen LogP contribution is -2.27. The lowest BCUT2D eigenvalue weighted by Gasteiger charge is -2.11. The van der Waals surface area contributed by atoms with Crippen LogP contribution in [0.3, 0.4) is 0 Å². The van der Waals surface area contributed by atoms with E-state index in [4.69, 9.17) is 0 Å². The van der Waals surface area contributed by atoms with E-state index in [0.717, 1.165) is 18.1 Å². The quantitative estimate of drug-likeness (QED) is 0.622. The minimum atomic E-state index is 0.908. The first-order valence-electron chi connectivity index (χ1n) is 4.13. The van der Waals surface area contributed by atoms with E-state index in [1.54, 1.807) is 0 Å². The Morgan fingerprint density at radius 3 is 3.00 bits per heavy atom. The van der Waals surface area contributed by atoms with Gasteiger partial charge in [-0.2, -0.15) is 0 Å². The van der Waals surface area contributed by atoms with Crippen LogP contribution < -0.4 is 10.4 Å². The van der Waals surface area contributed by atoms with Gasteiger partial charge in [0.05, 0.1) is 0 Å². The molecule has 0 aromatic carbocycles. The third-order valence-electron chi connectivity index (χ3n) is 2.26. The Labute approximate surface area is 72.4 Å². The maximum absolute atomic E-state index is 4.46. The van der Waals surface area contributed by atoms with Gasteiger partial charge in [0.1, 0.15) is 5.82 Å². The summed E-state index contributed by atoms with van der Waals surface area (Å²) in [5.41, 5.74) is 6.96. The molecule has 0 fully saturated rings. The van der Waals surface area contributed by atoms with Crippen molar-refractivity contribution in [3.63, 3.8) is 0 Å². The molecule has 0 saturated carbocycles. The van der Waals surface area contributed by atoms with Gasteiger partial charge in [-0.05, 0) is 25.5 Å². The highest BCUT2D eigenvalue weighted by molar-refractivity contribution is 5.53. The van der Waals surface area contributed by atoms with E-state index < -0.39 is 0 Å². The minimum absolute atomic E-state index is 0.908. The molecule has 12 heavy (non-hydrogen) atoms. The number of hydrogen-bond acceptors (Lipinski definition) is 3. The number of rotatable bonds is 0. The van der Waals surface area contributed by atoms with Crippen LogP contribution in [0.1, 0.15) is 16.8 Å². The average molecular weight is 163 g/mol. The van der Waals surface area contributed by atoms with Gasteiger partial charge < -0.3 is 0 Å². The van der Waals surface area contributed by atoms with Gasteiger partial charge in [-0.1, -0.05) is 0 Å². The van der Waals surface area contributed by atoms with E-state index >= 15 is 0 Å². The molecule has 0 unspecified atom stereocenters. The number of nitrogens with zero attached hydrogens (tertiary/aromatic N) is 2. The number of aryl methyl sites for hydroxylation is 2. The van der Waals surface area contributed by atoms with Crippen molar-refractivity contribution in [1.29, 1.82) is 0 Å². The number of nitrogens with one attached hydrogen (secondary N) is 1. The van der Waals surface area contributed by atoms with Crippen LogP contribution in [0.4, 0.5) is 5.82 Å². The molecule has 1 aromatic rings. The molecule has 3 heteroatoms. The van der Waals surface area contributed by atoms with Crippen LogP contribution in [0, 0.1) is 13.8 Å². The van der Waals surface area contributed by atoms with Crippen LogP contribution in [0.25, 0.3) is 0 Å². The standard InChI is InChI=1S/C9H13N3/c1-6-4-7(2)11-9-8(6)5-10-12(9)3/h4,10H,5H2,1-3H3. The Morgan fingerprint density at radius 2 is 2.25 bits per heavy atom. The molecule has 0 aliphatic carbocycles. The van der Waals surface area contributed by atoms with Gasteiger partial charge in [-0.3, -0.25) is 5.01 Å². The van der Waals surface area contributed by atoms with Crippen molar-refractivity contribution in [2.45, 2.75) is 20.4 Å². The second kappa shape index (κ2) is 2.45. The van der Waals surface area contributed by atoms with Gasteiger partial charge >= 0.3 is 0 Å². The molecule has 2 rings (SSSR count). The smallest absolute Gasteiger partial charge is 0.147 e. The van der Waals surface area contributed by atoms with Gasteiger partial charge in [-0.15, -0.1) is 0 Å². The zero-order chi connectivity index (χ0) is 8.72. The summed E-state index contributed by atoms with van der Waals surface area (Å²) in [6, 6.07) is 2.12. The van der Waals surface area contributed by atoms with Crippen molar-refractivity contribution in [1.82, 2.24) is 10.4 Å². The summed E-state index contributed by atoms with van der Waals surface area (Å²) < 4.78 is 0. The van der Waals surface area contributed by atoms with Crippen LogP contribution in [0.5, 0.6) is 0 Å². The van der Waals surface area contributed by atoms with Crippen molar-refractivity contribution in [2.75, 3.05) is 12.1 Å². The van der Waals surface area contributed by atoms with Gasteiger partial charge in [-0.25, -0.2) is 10.4 Å². The SMILES string of the molecule is Cc1cc(C)c2c(n1)N(C)NC2. The van der Waals surface area contributed by atoms with E-state index in [1.165, 1.54) is 11.1 Å². The van der Waals surface area contributed by atoms with Crippen molar-refractivity contribution >= 4 is 5.82 Å². The summed E-state index contributed by atoms with van der Waals surface area (Å²) >= 11 is 0. The zero-order valence-electron chi connectivity index (χ0n) is 7.68. The monoisotopic (exact) mass is 163 g/mol. The number of anilines is 1. The summed E-state index contributed by atoms with van der Waals surface area (Å²) in [5, 5.41) is 1.98. The maximum Gasteiger partial charge on any atom is 0.147 e. The highest BCUT2D eigenvalue weighted by atomic mass is 15.5. The molecule has 0 atom stereocenters. The maximum atomic E-state index is 4.46. The van der Waals surface area contributed by atoms with Crippen LogP contribution in [0.15, 0.2) is 6.07 Å². The Kier molecular flexibility index (Phi) is 1.54. The summed E-state index contributed by atoms with van der Waals surface area (Å²) in [6.07, 6.45) is 0. The molecule has 0 saturated heterocycles. The fourth-order valence-corrected chi connectivity index (χ4v) is 1.61. The number of hydrazine groups is 1. The number of fused-ring (bicyclic) bond motifs is 1. The largest absolute Gasteiger partial charge is 0.295 e. The lowest BCUT2D eigenvalue weighted by atomic mass is 10.1. The average Bonchev–Trinajstić information content (AvgIpc) is 2.33. The zero-order valence-corrected chi connectivity index (χ0v) is 7.68. The second-order valence-electron chi connectivity index (χ2n) is 3.28. The first-order chi connectivity index (χ1) is 5.68. The fourth-order valence-electron chi connectivity index (χ4n) is 1.61. The number of pyridine rings is 1. The minimum Gasteiger partial charge on any atom is -0.295 e. The molecule has 1 aliphatic rings. The van der Waals surface area contributed by atoms with Crippen molar-refractivity contribution in [3.8, 4) is 0 Å². The Hall–Kier alpha value is -1.09. The summed E-state index contributed by atoms with van der Waals surface area (Å²) in [6.45, 7) is 5.07. The van der Waals surface area contributed by atoms with Crippen molar-refractivity contribution in [3.05, 3.63) is 22.9 Å². The molecule has 1 aromatic heterocycles. The molecule has 2 heterocycles. The molecule has 1 N–H and O–H groups in total. The summed E-state index contributed by atoms with van der Waals surface area (Å²) in [4.78, 5) is 4.46. The van der Waals surface area contributed by atoms with E-state index in [2.05, 4.69) is 23.4 Å². The summed E-state index contributed by atoms with van der Waals surface area (Å²) in [7, 11) is 2.00. The molecule has 0 amide bonds. The van der Waals surface area contributed by atoms with Crippen LogP contribution in [-0.4, -0.2) is 12.0 Å². The molecule has 0 spiro atoms. The van der Waals surface area contributed by atoms with E-state index in [9.17, 15) is 0 Å². The fraction of sp³-hybridized carbons (Fsp3) is 0.444. The van der Waals surface area contributed by atoms with Crippen LogP contribution >= 0.6 is 0 Å².